The Bertz CT molecular complexity index is 1090. The van der Waals surface area contributed by atoms with E-state index < -0.39 is 5.91 Å². The smallest absolute Gasteiger partial charge is 0.266 e. The summed E-state index contributed by atoms with van der Waals surface area (Å²) in [5, 5.41) is 21.0. The third kappa shape index (κ3) is 4.12. The van der Waals surface area contributed by atoms with Crippen molar-refractivity contribution in [1.29, 1.82) is 10.5 Å². The highest BCUT2D eigenvalue weighted by Crippen LogP contribution is 2.24. The molecule has 2 aromatic carbocycles. The van der Waals surface area contributed by atoms with Gasteiger partial charge >= 0.3 is 0 Å². The van der Waals surface area contributed by atoms with Crippen LogP contribution in [0.5, 0.6) is 0 Å². The fourth-order valence-corrected chi connectivity index (χ4v) is 2.47. The lowest BCUT2D eigenvalue weighted by atomic mass is 10.1. The molecular formula is C22H15N3O2. The number of para-hydroxylation sites is 1. The van der Waals surface area contributed by atoms with Crippen LogP contribution in [0.25, 0.3) is 17.4 Å². The zero-order valence-electron chi connectivity index (χ0n) is 14.6. The van der Waals surface area contributed by atoms with Crippen molar-refractivity contribution in [2.75, 3.05) is 5.32 Å². The van der Waals surface area contributed by atoms with Crippen LogP contribution < -0.4 is 5.32 Å². The number of nitrogens with one attached hydrogen (secondary N) is 1. The van der Waals surface area contributed by atoms with Crippen molar-refractivity contribution in [2.24, 2.45) is 0 Å². The van der Waals surface area contributed by atoms with Crippen LogP contribution in [0.1, 0.15) is 16.9 Å². The van der Waals surface area contributed by atoms with E-state index in [1.807, 2.05) is 43.3 Å². The molecule has 1 aromatic heterocycles. The number of nitrogens with zero attached hydrogens (tertiary/aromatic N) is 2. The lowest BCUT2D eigenvalue weighted by Gasteiger charge is -2.05. The van der Waals surface area contributed by atoms with E-state index in [9.17, 15) is 10.1 Å². The summed E-state index contributed by atoms with van der Waals surface area (Å²) in [7, 11) is 0. The van der Waals surface area contributed by atoms with Gasteiger partial charge < -0.3 is 9.73 Å². The maximum absolute atomic E-state index is 12.4. The second-order valence-corrected chi connectivity index (χ2v) is 5.85. The Balaban J connectivity index is 1.82. The molecule has 3 aromatic rings. The molecular weight excluding hydrogens is 338 g/mol. The summed E-state index contributed by atoms with van der Waals surface area (Å²) in [4.78, 5) is 12.4. The minimum absolute atomic E-state index is 0.118. The van der Waals surface area contributed by atoms with Crippen LogP contribution in [-0.4, -0.2) is 5.91 Å². The van der Waals surface area contributed by atoms with Crippen LogP contribution in [0.3, 0.4) is 0 Å². The monoisotopic (exact) mass is 353 g/mol. The van der Waals surface area contributed by atoms with Crippen molar-refractivity contribution in [3.63, 3.8) is 0 Å². The molecule has 0 bridgehead atoms. The standard InChI is InChI=1S/C22H15N3O2/c1-15-6-8-16(9-7-15)21-11-10-19(27-21)12-18(14-24)22(26)25-20-5-3-2-4-17(20)13-23/h2-12H,1H3,(H,25,26)/b18-12+. The normalized spacial score (nSPS) is 10.7. The number of nitriles is 2. The van der Waals surface area contributed by atoms with Gasteiger partial charge in [0.25, 0.3) is 5.91 Å². The van der Waals surface area contributed by atoms with Gasteiger partial charge in [-0.15, -0.1) is 0 Å². The van der Waals surface area contributed by atoms with Gasteiger partial charge in [-0.1, -0.05) is 42.0 Å². The van der Waals surface area contributed by atoms with Crippen molar-refractivity contribution in [1.82, 2.24) is 0 Å². The number of aryl methyl sites for hydroxylation is 1. The first-order valence-corrected chi connectivity index (χ1v) is 8.20. The average molecular weight is 353 g/mol. The fourth-order valence-electron chi connectivity index (χ4n) is 2.47. The van der Waals surface area contributed by atoms with Crippen molar-refractivity contribution >= 4 is 17.7 Å². The molecule has 0 unspecified atom stereocenters. The molecule has 0 saturated heterocycles. The number of carbonyl (C=O) groups excluding carboxylic acids is 1. The Morgan fingerprint density at radius 2 is 1.78 bits per heavy atom. The van der Waals surface area contributed by atoms with E-state index in [0.717, 1.165) is 11.1 Å². The number of rotatable bonds is 4. The van der Waals surface area contributed by atoms with Crippen LogP contribution in [0, 0.1) is 29.6 Å². The Hall–Kier alpha value is -4.09. The van der Waals surface area contributed by atoms with Gasteiger partial charge in [-0.25, -0.2) is 0 Å². The van der Waals surface area contributed by atoms with E-state index >= 15 is 0 Å². The van der Waals surface area contributed by atoms with Gasteiger partial charge in [0.1, 0.15) is 29.2 Å². The van der Waals surface area contributed by atoms with Gasteiger partial charge in [0.05, 0.1) is 11.3 Å². The van der Waals surface area contributed by atoms with Gasteiger partial charge in [0, 0.05) is 11.6 Å². The topological polar surface area (TPSA) is 89.8 Å². The van der Waals surface area contributed by atoms with E-state index in [-0.39, 0.29) is 5.57 Å². The zero-order valence-corrected chi connectivity index (χ0v) is 14.6. The minimum atomic E-state index is -0.603. The minimum Gasteiger partial charge on any atom is -0.457 e. The zero-order chi connectivity index (χ0) is 19.2. The van der Waals surface area contributed by atoms with Crippen LogP contribution in [0.15, 0.2) is 70.7 Å². The second kappa shape index (κ2) is 7.86. The summed E-state index contributed by atoms with van der Waals surface area (Å²) in [6.45, 7) is 2.00. The number of benzene rings is 2. The third-order valence-electron chi connectivity index (χ3n) is 3.91. The van der Waals surface area contributed by atoms with Gasteiger partial charge in [-0.05, 0) is 31.2 Å². The van der Waals surface area contributed by atoms with Crippen molar-refractivity contribution < 1.29 is 9.21 Å². The van der Waals surface area contributed by atoms with Crippen LogP contribution in [0.2, 0.25) is 0 Å². The second-order valence-electron chi connectivity index (χ2n) is 5.85. The number of furan rings is 1. The highest BCUT2D eigenvalue weighted by molar-refractivity contribution is 6.10. The number of anilines is 1. The first-order chi connectivity index (χ1) is 13.1. The van der Waals surface area contributed by atoms with Crippen LogP contribution >= 0.6 is 0 Å². The van der Waals surface area contributed by atoms with Gasteiger partial charge in [-0.2, -0.15) is 10.5 Å². The van der Waals surface area contributed by atoms with E-state index in [1.165, 1.54) is 6.08 Å². The van der Waals surface area contributed by atoms with Crippen LogP contribution in [-0.2, 0) is 4.79 Å². The molecule has 0 spiro atoms. The first-order valence-electron chi connectivity index (χ1n) is 8.20. The van der Waals surface area contributed by atoms with Gasteiger partial charge in [0.2, 0.25) is 0 Å². The number of hydrogen-bond donors (Lipinski definition) is 1. The SMILES string of the molecule is Cc1ccc(-c2ccc(/C=C(\C#N)C(=O)Nc3ccccc3C#N)o2)cc1. The molecule has 0 aliphatic rings. The molecule has 1 N–H and O–H groups in total. The molecule has 1 amide bonds. The largest absolute Gasteiger partial charge is 0.457 e. The Morgan fingerprint density at radius 3 is 2.48 bits per heavy atom. The first kappa shape index (κ1) is 17.7. The lowest BCUT2D eigenvalue weighted by Crippen LogP contribution is -2.14. The molecule has 5 heteroatoms. The fraction of sp³-hybridized carbons (Fsp3) is 0.0455. The third-order valence-corrected chi connectivity index (χ3v) is 3.91. The highest BCUT2D eigenvalue weighted by atomic mass is 16.3. The van der Waals surface area contributed by atoms with Gasteiger partial charge in [0.15, 0.2) is 0 Å². The predicted molar refractivity (Wildman–Crippen MR) is 102 cm³/mol. The molecule has 27 heavy (non-hydrogen) atoms. The molecule has 0 radical (unpaired) electrons. The molecule has 1 heterocycles. The molecule has 0 aliphatic carbocycles. The van der Waals surface area contributed by atoms with Crippen molar-refractivity contribution in [2.45, 2.75) is 6.92 Å². The maximum atomic E-state index is 12.4. The summed E-state index contributed by atoms with van der Waals surface area (Å²) >= 11 is 0. The molecule has 5 nitrogen and oxygen atoms in total. The summed E-state index contributed by atoms with van der Waals surface area (Å²) in [5.41, 5.74) is 2.61. The summed E-state index contributed by atoms with van der Waals surface area (Å²) in [6, 6.07) is 21.8. The number of carbonyl (C=O) groups is 1. The number of hydrogen-bond acceptors (Lipinski definition) is 4. The summed E-state index contributed by atoms with van der Waals surface area (Å²) in [5.74, 6) is 0.438. The molecule has 0 atom stereocenters. The highest BCUT2D eigenvalue weighted by Gasteiger charge is 2.13. The molecule has 0 saturated carbocycles. The lowest BCUT2D eigenvalue weighted by molar-refractivity contribution is -0.112. The Morgan fingerprint density at radius 1 is 1.04 bits per heavy atom. The quantitative estimate of drug-likeness (QED) is 0.545. The van der Waals surface area contributed by atoms with Crippen LogP contribution in [0.4, 0.5) is 5.69 Å². The molecule has 0 aliphatic heterocycles. The molecule has 3 rings (SSSR count). The molecule has 0 fully saturated rings. The predicted octanol–water partition coefficient (Wildman–Crippen LogP) is 4.67. The van der Waals surface area contributed by atoms with Crippen molar-refractivity contribution in [3.8, 4) is 23.5 Å². The summed E-state index contributed by atoms with van der Waals surface area (Å²) in [6.07, 6.45) is 1.38. The van der Waals surface area contributed by atoms with E-state index in [0.29, 0.717) is 22.8 Å². The van der Waals surface area contributed by atoms with Crippen molar-refractivity contribution in [3.05, 3.63) is 83.1 Å². The molecule has 130 valence electrons. The Kier molecular flexibility index (Phi) is 5.16. The maximum Gasteiger partial charge on any atom is 0.266 e. The van der Waals surface area contributed by atoms with E-state index in [4.69, 9.17) is 9.68 Å². The number of amides is 1. The Labute approximate surface area is 156 Å². The van der Waals surface area contributed by atoms with Gasteiger partial charge in [-0.3, -0.25) is 4.79 Å². The van der Waals surface area contributed by atoms with E-state index in [2.05, 4.69) is 5.32 Å². The van der Waals surface area contributed by atoms with E-state index in [1.54, 1.807) is 36.4 Å². The summed E-state index contributed by atoms with van der Waals surface area (Å²) < 4.78 is 5.73. The average Bonchev–Trinajstić information content (AvgIpc) is 3.15.